The molecule has 1 aliphatic carbocycles. The van der Waals surface area contributed by atoms with Gasteiger partial charge in [-0.1, -0.05) is 43.2 Å². The molecule has 2 unspecified atom stereocenters. The molecule has 1 aromatic carbocycles. The molecule has 1 saturated carbocycles. The summed E-state index contributed by atoms with van der Waals surface area (Å²) >= 11 is 0. The topological polar surface area (TPSA) is 81.7 Å². The lowest BCUT2D eigenvalue weighted by atomic mass is 10.0. The molecular formula is C30H42N6O2. The Kier molecular flexibility index (Phi) is 7.98. The maximum Gasteiger partial charge on any atom is 0.257 e. The highest BCUT2D eigenvalue weighted by Crippen LogP contribution is 2.33. The van der Waals surface area contributed by atoms with Crippen LogP contribution in [0, 0.1) is 31.6 Å². The van der Waals surface area contributed by atoms with Crippen molar-refractivity contribution in [2.45, 2.75) is 52.0 Å². The number of amides is 2. The molecule has 3 atom stereocenters. The van der Waals surface area contributed by atoms with E-state index in [1.165, 1.54) is 5.56 Å². The van der Waals surface area contributed by atoms with Crippen molar-refractivity contribution < 1.29 is 9.59 Å². The van der Waals surface area contributed by atoms with Crippen molar-refractivity contribution in [3.05, 3.63) is 52.8 Å². The van der Waals surface area contributed by atoms with Gasteiger partial charge in [0.25, 0.3) is 5.91 Å². The number of likely N-dealkylation sites (tertiary alicyclic amines) is 2. The number of benzene rings is 1. The van der Waals surface area contributed by atoms with Gasteiger partial charge in [-0.05, 0) is 50.5 Å². The Bertz CT molecular complexity index is 1110. The second-order valence-corrected chi connectivity index (χ2v) is 11.7. The molecule has 3 aliphatic rings. The molecule has 38 heavy (non-hydrogen) atoms. The van der Waals surface area contributed by atoms with E-state index in [2.05, 4.69) is 44.5 Å². The third-order valence-corrected chi connectivity index (χ3v) is 8.70. The Morgan fingerprint density at radius 1 is 0.974 bits per heavy atom. The van der Waals surface area contributed by atoms with E-state index in [0.29, 0.717) is 23.3 Å². The molecule has 3 fully saturated rings. The summed E-state index contributed by atoms with van der Waals surface area (Å²) < 4.78 is 0. The molecule has 1 aromatic heterocycles. The Labute approximate surface area is 226 Å². The van der Waals surface area contributed by atoms with Crippen molar-refractivity contribution in [2.75, 3.05) is 51.7 Å². The van der Waals surface area contributed by atoms with Crippen LogP contribution in [0.1, 0.15) is 65.5 Å². The lowest BCUT2D eigenvalue weighted by Crippen LogP contribution is -2.37. The number of aryl methyl sites for hydroxylation is 2. The first-order chi connectivity index (χ1) is 18.3. The Morgan fingerprint density at radius 3 is 2.16 bits per heavy atom. The second-order valence-electron chi connectivity index (χ2n) is 11.7. The fourth-order valence-corrected chi connectivity index (χ4v) is 6.60. The van der Waals surface area contributed by atoms with Gasteiger partial charge in [0.15, 0.2) is 0 Å². The largest absolute Gasteiger partial charge is 0.349 e. The van der Waals surface area contributed by atoms with Crippen molar-refractivity contribution in [2.24, 2.45) is 17.8 Å². The standard InChI is InChI=1S/C30H42N6O2/c1-20-27(21(2)32-30(31-20)34(3)4)29(38)36-18-24-16-35(17-25(24)19-36)15-14-26(22-10-6-5-7-11-22)33-28(37)23-12-8-9-13-23/h5-7,10-11,23-26H,8-9,12-19H2,1-4H3,(H,33,37)/t24?,25?,26-/m1/s1. The van der Waals surface area contributed by atoms with Gasteiger partial charge < -0.3 is 20.0 Å². The quantitative estimate of drug-likeness (QED) is 0.575. The van der Waals surface area contributed by atoms with Crippen molar-refractivity contribution in [1.82, 2.24) is 25.1 Å². The van der Waals surface area contributed by atoms with Crippen LogP contribution in [0.3, 0.4) is 0 Å². The zero-order valence-corrected chi connectivity index (χ0v) is 23.3. The van der Waals surface area contributed by atoms with Crippen molar-refractivity contribution in [3.63, 3.8) is 0 Å². The van der Waals surface area contributed by atoms with E-state index in [-0.39, 0.29) is 23.8 Å². The smallest absolute Gasteiger partial charge is 0.257 e. The van der Waals surface area contributed by atoms with E-state index < -0.39 is 0 Å². The Hall–Kier alpha value is -3.00. The van der Waals surface area contributed by atoms with Gasteiger partial charge in [-0.3, -0.25) is 9.59 Å². The highest BCUT2D eigenvalue weighted by molar-refractivity contribution is 5.96. The average molecular weight is 519 g/mol. The fraction of sp³-hybridized carbons (Fsp3) is 0.600. The molecule has 0 radical (unpaired) electrons. The van der Waals surface area contributed by atoms with Crippen LogP contribution < -0.4 is 10.2 Å². The number of carbonyl (C=O) groups excluding carboxylic acids is 2. The van der Waals surface area contributed by atoms with Crippen LogP contribution in [0.25, 0.3) is 0 Å². The molecule has 8 heteroatoms. The van der Waals surface area contributed by atoms with Gasteiger partial charge >= 0.3 is 0 Å². The number of fused-ring (bicyclic) bond motifs is 1. The maximum absolute atomic E-state index is 13.4. The van der Waals surface area contributed by atoms with Gasteiger partial charge in [0.2, 0.25) is 11.9 Å². The summed E-state index contributed by atoms with van der Waals surface area (Å²) in [6.45, 7) is 8.33. The van der Waals surface area contributed by atoms with Crippen LogP contribution in [-0.4, -0.2) is 78.4 Å². The number of nitrogens with one attached hydrogen (secondary N) is 1. The van der Waals surface area contributed by atoms with Crippen molar-refractivity contribution in [3.8, 4) is 0 Å². The number of hydrogen-bond donors (Lipinski definition) is 1. The van der Waals surface area contributed by atoms with Gasteiger partial charge in [0, 0.05) is 52.7 Å². The van der Waals surface area contributed by atoms with Crippen molar-refractivity contribution >= 4 is 17.8 Å². The van der Waals surface area contributed by atoms with Crippen LogP contribution in [0.15, 0.2) is 30.3 Å². The summed E-state index contributed by atoms with van der Waals surface area (Å²) in [6, 6.07) is 10.4. The van der Waals surface area contributed by atoms with E-state index in [0.717, 1.165) is 76.2 Å². The number of carbonyl (C=O) groups is 2. The summed E-state index contributed by atoms with van der Waals surface area (Å²) in [5, 5.41) is 3.38. The van der Waals surface area contributed by atoms with E-state index in [1.54, 1.807) is 0 Å². The van der Waals surface area contributed by atoms with Gasteiger partial charge in [-0.25, -0.2) is 9.97 Å². The monoisotopic (exact) mass is 518 g/mol. The summed E-state index contributed by atoms with van der Waals surface area (Å²) in [5.74, 6) is 2.07. The molecule has 2 aliphatic heterocycles. The maximum atomic E-state index is 13.4. The first-order valence-electron chi connectivity index (χ1n) is 14.2. The predicted molar refractivity (Wildman–Crippen MR) is 149 cm³/mol. The molecule has 0 bridgehead atoms. The minimum atomic E-state index is 0.0407. The van der Waals surface area contributed by atoms with Crippen LogP contribution >= 0.6 is 0 Å². The molecule has 0 spiro atoms. The first-order valence-corrected chi connectivity index (χ1v) is 14.2. The van der Waals surface area contributed by atoms with Crippen LogP contribution in [-0.2, 0) is 4.79 Å². The first kappa shape index (κ1) is 26.6. The molecule has 5 rings (SSSR count). The minimum absolute atomic E-state index is 0.0407. The number of aromatic nitrogens is 2. The van der Waals surface area contributed by atoms with Gasteiger partial charge in [-0.15, -0.1) is 0 Å². The summed E-state index contributed by atoms with van der Waals surface area (Å²) in [5.41, 5.74) is 3.33. The van der Waals surface area contributed by atoms with Gasteiger partial charge in [0.1, 0.15) is 0 Å². The third kappa shape index (κ3) is 5.70. The minimum Gasteiger partial charge on any atom is -0.349 e. The van der Waals surface area contributed by atoms with Gasteiger partial charge in [-0.2, -0.15) is 0 Å². The number of hydrogen-bond acceptors (Lipinski definition) is 6. The number of anilines is 1. The zero-order valence-electron chi connectivity index (χ0n) is 23.3. The molecule has 3 heterocycles. The average Bonchev–Trinajstić information content (AvgIpc) is 3.63. The Balaban J connectivity index is 1.17. The molecule has 2 saturated heterocycles. The molecule has 8 nitrogen and oxygen atoms in total. The van der Waals surface area contributed by atoms with E-state index in [1.807, 2.05) is 43.8 Å². The van der Waals surface area contributed by atoms with Gasteiger partial charge in [0.05, 0.1) is 23.0 Å². The third-order valence-electron chi connectivity index (χ3n) is 8.70. The lowest BCUT2D eigenvalue weighted by Gasteiger charge is -2.26. The number of nitrogens with zero attached hydrogens (tertiary/aromatic N) is 5. The molecule has 204 valence electrons. The Morgan fingerprint density at radius 2 is 1.58 bits per heavy atom. The normalized spacial score (nSPS) is 22.5. The van der Waals surface area contributed by atoms with E-state index in [4.69, 9.17) is 0 Å². The van der Waals surface area contributed by atoms with Crippen LogP contribution in [0.4, 0.5) is 5.95 Å². The summed E-state index contributed by atoms with van der Waals surface area (Å²) in [4.78, 5) is 41.9. The molecule has 1 N–H and O–H groups in total. The number of rotatable bonds is 8. The zero-order chi connectivity index (χ0) is 26.8. The van der Waals surface area contributed by atoms with E-state index >= 15 is 0 Å². The predicted octanol–water partition coefficient (Wildman–Crippen LogP) is 3.60. The second kappa shape index (κ2) is 11.4. The molecule has 2 aromatic rings. The molecule has 2 amide bonds. The fourth-order valence-electron chi connectivity index (χ4n) is 6.60. The summed E-state index contributed by atoms with van der Waals surface area (Å²) in [7, 11) is 3.82. The highest BCUT2D eigenvalue weighted by atomic mass is 16.2. The van der Waals surface area contributed by atoms with Crippen molar-refractivity contribution in [1.29, 1.82) is 0 Å². The summed E-state index contributed by atoms with van der Waals surface area (Å²) in [6.07, 6.45) is 5.26. The lowest BCUT2D eigenvalue weighted by molar-refractivity contribution is -0.125. The van der Waals surface area contributed by atoms with Crippen LogP contribution in [0.5, 0.6) is 0 Å². The SMILES string of the molecule is Cc1nc(N(C)C)nc(C)c1C(=O)N1CC2CN(CC[C@@H](NC(=O)C3CCCC3)c3ccccc3)CC2C1. The van der Waals surface area contributed by atoms with E-state index in [9.17, 15) is 9.59 Å². The van der Waals surface area contributed by atoms with Crippen LogP contribution in [0.2, 0.25) is 0 Å². The highest BCUT2D eigenvalue weighted by Gasteiger charge is 2.42. The molecular weight excluding hydrogens is 476 g/mol.